The largest absolute Gasteiger partial charge is 0.347 e. The summed E-state index contributed by atoms with van der Waals surface area (Å²) in [6, 6.07) is 7.76. The quantitative estimate of drug-likeness (QED) is 0.729. The molecule has 0 bridgehead atoms. The van der Waals surface area contributed by atoms with Crippen molar-refractivity contribution >= 4 is 28.6 Å². The lowest BCUT2D eigenvalue weighted by Gasteiger charge is -2.18. The number of rotatable bonds is 6. The summed E-state index contributed by atoms with van der Waals surface area (Å²) in [6.07, 6.45) is 2.87. The van der Waals surface area contributed by atoms with E-state index in [-0.39, 0.29) is 11.9 Å². The van der Waals surface area contributed by atoms with Crippen LogP contribution in [0.1, 0.15) is 32.9 Å². The third-order valence-electron chi connectivity index (χ3n) is 3.72. The van der Waals surface area contributed by atoms with Crippen molar-refractivity contribution in [3.63, 3.8) is 0 Å². The third-order valence-corrected chi connectivity index (χ3v) is 5.53. The predicted octanol–water partition coefficient (Wildman–Crippen LogP) is 3.86. The maximum Gasteiger partial charge on any atom is 0.225 e. The second kappa shape index (κ2) is 7.68. The van der Waals surface area contributed by atoms with Crippen LogP contribution in [0.15, 0.2) is 41.2 Å². The summed E-state index contributed by atoms with van der Waals surface area (Å²) < 4.78 is 0. The van der Waals surface area contributed by atoms with Crippen LogP contribution >= 0.6 is 22.7 Å². The van der Waals surface area contributed by atoms with E-state index in [0.29, 0.717) is 6.42 Å². The van der Waals surface area contributed by atoms with Crippen LogP contribution in [-0.4, -0.2) is 15.9 Å². The molecular formula is C18H19N3OS2. The monoisotopic (exact) mass is 357 g/mol. The maximum atomic E-state index is 12.5. The van der Waals surface area contributed by atoms with Crippen molar-refractivity contribution in [2.24, 2.45) is 0 Å². The van der Waals surface area contributed by atoms with Gasteiger partial charge in [-0.2, -0.15) is 11.3 Å². The Bertz CT molecular complexity index is 797. The fourth-order valence-corrected chi connectivity index (χ4v) is 4.20. The Kier molecular flexibility index (Phi) is 5.37. The Hall–Kier alpha value is -2.05. The van der Waals surface area contributed by atoms with Crippen LogP contribution in [-0.2, 0) is 17.6 Å². The average Bonchev–Trinajstić information content (AvgIpc) is 3.17. The molecule has 3 rings (SSSR count). The van der Waals surface area contributed by atoms with Gasteiger partial charge in [-0.25, -0.2) is 4.98 Å². The van der Waals surface area contributed by atoms with Crippen molar-refractivity contribution < 1.29 is 4.79 Å². The molecule has 0 aliphatic heterocycles. The lowest BCUT2D eigenvalue weighted by molar-refractivity contribution is -0.121. The topological polar surface area (TPSA) is 54.9 Å². The molecule has 124 valence electrons. The molecule has 1 atom stereocenters. The van der Waals surface area contributed by atoms with Gasteiger partial charge in [-0.15, -0.1) is 11.3 Å². The normalized spacial score (nSPS) is 12.1. The number of thiophene rings is 1. The second-order valence-corrected chi connectivity index (χ2v) is 7.70. The molecule has 0 fully saturated rings. The highest BCUT2D eigenvalue weighted by atomic mass is 32.1. The maximum absolute atomic E-state index is 12.5. The van der Waals surface area contributed by atoms with Crippen LogP contribution in [0.3, 0.4) is 0 Å². The summed E-state index contributed by atoms with van der Waals surface area (Å²) >= 11 is 3.25. The van der Waals surface area contributed by atoms with Crippen LogP contribution in [0, 0.1) is 13.8 Å². The van der Waals surface area contributed by atoms with Gasteiger partial charge in [0.15, 0.2) is 0 Å². The first kappa shape index (κ1) is 16.8. The second-order valence-electron chi connectivity index (χ2n) is 5.63. The number of carbonyl (C=O) groups excluding carboxylic acids is 1. The van der Waals surface area contributed by atoms with E-state index in [1.165, 1.54) is 5.56 Å². The van der Waals surface area contributed by atoms with Gasteiger partial charge in [0.2, 0.25) is 5.91 Å². The SMILES string of the molecule is Cc1nc(C)c(CC(=O)N[C@H](Cc2ccsc2)c2ccccn2)s1. The average molecular weight is 358 g/mol. The highest BCUT2D eigenvalue weighted by Crippen LogP contribution is 2.21. The molecular weight excluding hydrogens is 338 g/mol. The van der Waals surface area contributed by atoms with E-state index in [9.17, 15) is 4.79 Å². The van der Waals surface area contributed by atoms with Gasteiger partial charge in [0.05, 0.1) is 28.9 Å². The van der Waals surface area contributed by atoms with E-state index < -0.39 is 0 Å². The first-order valence-electron chi connectivity index (χ1n) is 7.76. The Labute approximate surface area is 149 Å². The highest BCUT2D eigenvalue weighted by molar-refractivity contribution is 7.11. The number of pyridine rings is 1. The Morgan fingerprint density at radius 2 is 2.17 bits per heavy atom. The molecule has 3 heterocycles. The molecule has 3 aromatic heterocycles. The van der Waals surface area contributed by atoms with Gasteiger partial charge in [0.25, 0.3) is 0 Å². The minimum atomic E-state index is -0.123. The number of aromatic nitrogens is 2. The number of aryl methyl sites for hydroxylation is 2. The zero-order valence-corrected chi connectivity index (χ0v) is 15.3. The Morgan fingerprint density at radius 3 is 2.79 bits per heavy atom. The van der Waals surface area contributed by atoms with Crippen LogP contribution < -0.4 is 5.32 Å². The molecule has 3 aromatic rings. The summed E-state index contributed by atoms with van der Waals surface area (Å²) in [6.45, 7) is 3.92. The summed E-state index contributed by atoms with van der Waals surface area (Å²) in [5, 5.41) is 8.30. The molecule has 0 spiro atoms. The molecule has 24 heavy (non-hydrogen) atoms. The molecule has 6 heteroatoms. The van der Waals surface area contributed by atoms with E-state index in [4.69, 9.17) is 0 Å². The number of hydrogen-bond acceptors (Lipinski definition) is 5. The van der Waals surface area contributed by atoms with E-state index in [1.807, 2.05) is 32.0 Å². The molecule has 1 N–H and O–H groups in total. The first-order chi connectivity index (χ1) is 11.6. The number of nitrogens with zero attached hydrogens (tertiary/aromatic N) is 2. The third kappa shape index (κ3) is 4.27. The fraction of sp³-hybridized carbons (Fsp3) is 0.278. The van der Waals surface area contributed by atoms with Crippen molar-refractivity contribution in [2.75, 3.05) is 0 Å². The minimum Gasteiger partial charge on any atom is -0.347 e. The molecule has 0 saturated carbocycles. The lowest BCUT2D eigenvalue weighted by atomic mass is 10.0. The Morgan fingerprint density at radius 1 is 1.29 bits per heavy atom. The molecule has 0 saturated heterocycles. The number of hydrogen-bond donors (Lipinski definition) is 1. The van der Waals surface area contributed by atoms with E-state index in [2.05, 4.69) is 32.1 Å². The highest BCUT2D eigenvalue weighted by Gasteiger charge is 2.18. The number of carbonyl (C=O) groups is 1. The molecule has 0 aliphatic carbocycles. The van der Waals surface area contributed by atoms with E-state index in [0.717, 1.165) is 27.7 Å². The summed E-state index contributed by atoms with van der Waals surface area (Å²) in [5.41, 5.74) is 3.04. The number of amides is 1. The van der Waals surface area contributed by atoms with Crippen LogP contribution in [0.5, 0.6) is 0 Å². The molecule has 1 amide bonds. The van der Waals surface area contributed by atoms with Crippen LogP contribution in [0.4, 0.5) is 0 Å². The molecule has 0 radical (unpaired) electrons. The summed E-state index contributed by atoms with van der Waals surface area (Å²) in [7, 11) is 0. The lowest BCUT2D eigenvalue weighted by Crippen LogP contribution is -2.31. The van der Waals surface area contributed by atoms with Crippen LogP contribution in [0.2, 0.25) is 0 Å². The zero-order valence-electron chi connectivity index (χ0n) is 13.7. The van der Waals surface area contributed by atoms with Crippen molar-refractivity contribution in [3.05, 3.63) is 68.1 Å². The number of thiazole rings is 1. The smallest absolute Gasteiger partial charge is 0.225 e. The van der Waals surface area contributed by atoms with E-state index in [1.54, 1.807) is 28.9 Å². The summed E-state index contributed by atoms with van der Waals surface area (Å²) in [4.78, 5) is 22.4. The van der Waals surface area contributed by atoms with Crippen molar-refractivity contribution in [1.29, 1.82) is 0 Å². The molecule has 0 unspecified atom stereocenters. The molecule has 0 aromatic carbocycles. The number of nitrogens with one attached hydrogen (secondary N) is 1. The van der Waals surface area contributed by atoms with Gasteiger partial charge in [-0.3, -0.25) is 9.78 Å². The predicted molar refractivity (Wildman–Crippen MR) is 98.4 cm³/mol. The van der Waals surface area contributed by atoms with Crippen molar-refractivity contribution in [1.82, 2.24) is 15.3 Å². The van der Waals surface area contributed by atoms with Gasteiger partial charge >= 0.3 is 0 Å². The standard InChI is InChI=1S/C18H19N3OS2/c1-12-17(24-13(2)20-12)10-18(22)21-16(9-14-6-8-23-11-14)15-5-3-4-7-19-15/h3-8,11,16H,9-10H2,1-2H3,(H,21,22)/t16-/m1/s1. The fourth-order valence-electron chi connectivity index (χ4n) is 2.58. The minimum absolute atomic E-state index is 0.00707. The van der Waals surface area contributed by atoms with Gasteiger partial charge in [0, 0.05) is 11.1 Å². The van der Waals surface area contributed by atoms with Gasteiger partial charge in [-0.05, 0) is 54.8 Å². The van der Waals surface area contributed by atoms with Crippen LogP contribution in [0.25, 0.3) is 0 Å². The Balaban J connectivity index is 1.73. The van der Waals surface area contributed by atoms with Gasteiger partial charge < -0.3 is 5.32 Å². The zero-order chi connectivity index (χ0) is 16.9. The van der Waals surface area contributed by atoms with Crippen molar-refractivity contribution in [2.45, 2.75) is 32.7 Å². The van der Waals surface area contributed by atoms with Gasteiger partial charge in [-0.1, -0.05) is 6.07 Å². The summed E-state index contributed by atoms with van der Waals surface area (Å²) in [5.74, 6) is 0.00707. The molecule has 4 nitrogen and oxygen atoms in total. The van der Waals surface area contributed by atoms with Crippen molar-refractivity contribution in [3.8, 4) is 0 Å². The molecule has 0 aliphatic rings. The first-order valence-corrected chi connectivity index (χ1v) is 9.52. The van der Waals surface area contributed by atoms with E-state index >= 15 is 0 Å². The van der Waals surface area contributed by atoms with Gasteiger partial charge in [0.1, 0.15) is 0 Å².